The van der Waals surface area contributed by atoms with Crippen LogP contribution in [0.5, 0.6) is 11.5 Å². The predicted molar refractivity (Wildman–Crippen MR) is 370 cm³/mol. The van der Waals surface area contributed by atoms with Crippen LogP contribution in [0.4, 0.5) is 0 Å². The van der Waals surface area contributed by atoms with E-state index in [-0.39, 0.29) is 41.2 Å². The Morgan fingerprint density at radius 1 is 0.316 bits per heavy atom. The number of hydrogen-bond donors (Lipinski definition) is 0. The van der Waals surface area contributed by atoms with Crippen molar-refractivity contribution in [2.45, 2.75) is 0 Å². The van der Waals surface area contributed by atoms with Gasteiger partial charge in [0.25, 0.3) is 0 Å². The molecule has 0 aliphatic heterocycles. The molecular formula is C85H48IrN5O3Pt. The number of nitrogens with zero attached hydrogens (tertiary/aromatic N) is 5. The van der Waals surface area contributed by atoms with E-state index in [0.29, 0.717) is 22.9 Å². The first kappa shape index (κ1) is 60.0. The van der Waals surface area contributed by atoms with Crippen molar-refractivity contribution in [1.82, 2.24) is 24.9 Å². The van der Waals surface area contributed by atoms with Crippen molar-refractivity contribution in [2.75, 3.05) is 0 Å². The summed E-state index contributed by atoms with van der Waals surface area (Å²) in [6, 6.07) is 106. The minimum Gasteiger partial charge on any atom is -0.515 e. The number of fused-ring (bicyclic) bond motifs is 6. The molecule has 11 aromatic carbocycles. The normalized spacial score (nSPS) is 11.2. The molecule has 0 atom stereocenters. The van der Waals surface area contributed by atoms with Crippen LogP contribution in [0.3, 0.4) is 0 Å². The number of benzene rings is 11. The van der Waals surface area contributed by atoms with Crippen LogP contribution < -0.4 is 4.74 Å². The van der Waals surface area contributed by atoms with Crippen LogP contribution in [0.15, 0.2) is 301 Å². The van der Waals surface area contributed by atoms with Gasteiger partial charge in [-0.05, 0) is 137 Å². The monoisotopic (exact) mass is 1570 g/mol. The number of hydrogen-bond acceptors (Lipinski definition) is 8. The summed E-state index contributed by atoms with van der Waals surface area (Å²) < 4.78 is 19.2. The molecule has 0 unspecified atom stereocenters. The second-order valence-corrected chi connectivity index (χ2v) is 22.7. The molecule has 17 rings (SSSR count). The summed E-state index contributed by atoms with van der Waals surface area (Å²) in [7, 11) is 0. The maximum Gasteiger partial charge on any atom is 3.00 e. The standard InChI is InChI=1S/C85H48N5O3.Ir.Pt/c1-2-18-54(19-3-1)55-42-43-86-80(49-55)56-20-14-22-64(47-56)91-65-23-15-21-57(48-65)85-89-52-63(53-90-85)71-29-9-8-28-70(71)62-45-60(68-26-6-4-24-66(68)58-38-40-78(87-50-58)76-34-16-32-74-72-30-10-12-36-81(72)92-83(74)76)44-61(46-62)69-27-7-5-25-67(69)59-39-41-79(88-51-59)77-35-17-33-75-73-31-11-13-37-82(73)93-84(75)77;;/h1-20,22-33,36-46,49-53H;;/q-5;+3;+2. The van der Waals surface area contributed by atoms with Gasteiger partial charge in [-0.25, -0.2) is 17.7 Å². The van der Waals surface area contributed by atoms with E-state index in [1.54, 1.807) is 6.07 Å². The van der Waals surface area contributed by atoms with Gasteiger partial charge in [0, 0.05) is 53.1 Å². The Bertz CT molecular complexity index is 5460. The maximum atomic E-state index is 6.42. The second-order valence-electron chi connectivity index (χ2n) is 22.7. The number of rotatable bonds is 13. The zero-order chi connectivity index (χ0) is 61.6. The fourth-order valence-electron chi connectivity index (χ4n) is 12.6. The molecule has 0 amide bonds. The maximum absolute atomic E-state index is 6.42. The summed E-state index contributed by atoms with van der Waals surface area (Å²) in [5.74, 6) is 1.46. The molecule has 0 N–H and O–H groups in total. The molecule has 6 heterocycles. The first-order valence-corrected chi connectivity index (χ1v) is 30.6. The van der Waals surface area contributed by atoms with E-state index in [1.165, 1.54) is 0 Å². The van der Waals surface area contributed by atoms with Crippen molar-refractivity contribution in [3.05, 3.63) is 322 Å². The first-order valence-electron chi connectivity index (χ1n) is 30.6. The van der Waals surface area contributed by atoms with Crippen molar-refractivity contribution in [3.63, 3.8) is 0 Å². The fourth-order valence-corrected chi connectivity index (χ4v) is 12.6. The molecule has 0 bridgehead atoms. The Kier molecular flexibility index (Phi) is 16.4. The molecule has 8 nitrogen and oxygen atoms in total. The van der Waals surface area contributed by atoms with Gasteiger partial charge in [-0.2, -0.15) is 6.07 Å². The summed E-state index contributed by atoms with van der Waals surface area (Å²) in [5, 5.41) is 4.19. The van der Waals surface area contributed by atoms with Crippen LogP contribution in [-0.4, -0.2) is 24.9 Å². The van der Waals surface area contributed by atoms with Gasteiger partial charge in [0.2, 0.25) is 0 Å². The van der Waals surface area contributed by atoms with Gasteiger partial charge in [0.1, 0.15) is 11.2 Å². The summed E-state index contributed by atoms with van der Waals surface area (Å²) in [4.78, 5) is 24.7. The van der Waals surface area contributed by atoms with Gasteiger partial charge < -0.3 is 38.5 Å². The zero-order valence-corrected chi connectivity index (χ0v) is 55.0. The number of ether oxygens (including phenoxy) is 1. The molecule has 0 aliphatic carbocycles. The van der Waals surface area contributed by atoms with Gasteiger partial charge in [-0.15, -0.1) is 60.2 Å². The van der Waals surface area contributed by atoms with E-state index < -0.39 is 0 Å². The molecule has 0 spiro atoms. The molecule has 10 heteroatoms. The van der Waals surface area contributed by atoms with Crippen LogP contribution in [0.1, 0.15) is 0 Å². The van der Waals surface area contributed by atoms with Crippen molar-refractivity contribution in [1.29, 1.82) is 0 Å². The second kappa shape index (κ2) is 26.0. The molecule has 17 aromatic rings. The van der Waals surface area contributed by atoms with Crippen LogP contribution in [0.2, 0.25) is 0 Å². The van der Waals surface area contributed by atoms with Crippen LogP contribution in [0.25, 0.3) is 167 Å². The quantitative estimate of drug-likeness (QED) is 0.105. The Balaban J connectivity index is 0.00000371. The van der Waals surface area contributed by atoms with E-state index >= 15 is 0 Å². The molecule has 6 aromatic heterocycles. The van der Waals surface area contributed by atoms with E-state index in [1.807, 2.05) is 128 Å². The topological polar surface area (TPSA) is 100.0 Å². The molecule has 0 aliphatic rings. The summed E-state index contributed by atoms with van der Waals surface area (Å²) in [6.07, 6.45) is 9.46. The minimum atomic E-state index is 0. The number of furan rings is 2. The summed E-state index contributed by atoms with van der Waals surface area (Å²) >= 11 is 0. The van der Waals surface area contributed by atoms with E-state index in [4.69, 9.17) is 33.5 Å². The number of aromatic nitrogens is 5. The van der Waals surface area contributed by atoms with Gasteiger partial charge in [0.05, 0.1) is 11.2 Å². The third-order valence-electron chi connectivity index (χ3n) is 17.0. The molecular weight excluding hydrogens is 1530 g/mol. The Hall–Kier alpha value is -11.3. The van der Waals surface area contributed by atoms with E-state index in [9.17, 15) is 0 Å². The fraction of sp³-hybridized carbons (Fsp3) is 0. The summed E-state index contributed by atoms with van der Waals surface area (Å²) in [6.45, 7) is 0. The third kappa shape index (κ3) is 11.6. The Morgan fingerprint density at radius 2 is 0.789 bits per heavy atom. The average molecular weight is 1570 g/mol. The molecule has 0 fully saturated rings. The molecule has 0 saturated carbocycles. The van der Waals surface area contributed by atoms with Gasteiger partial charge >= 0.3 is 41.2 Å². The molecule has 450 valence electrons. The molecule has 0 radical (unpaired) electrons. The zero-order valence-electron chi connectivity index (χ0n) is 50.3. The van der Waals surface area contributed by atoms with Gasteiger partial charge in [-0.1, -0.05) is 198 Å². The average Bonchev–Trinajstić information content (AvgIpc) is 1.77. The van der Waals surface area contributed by atoms with E-state index in [0.717, 1.165) is 156 Å². The minimum absolute atomic E-state index is 0. The largest absolute Gasteiger partial charge is 3.00 e. The van der Waals surface area contributed by atoms with E-state index in [2.05, 4.69) is 193 Å². The molecule has 95 heavy (non-hydrogen) atoms. The van der Waals surface area contributed by atoms with Gasteiger partial charge in [-0.3, -0.25) is 6.07 Å². The number of pyridine rings is 3. The first-order chi connectivity index (χ1) is 46.1. The number of para-hydroxylation sites is 2. The van der Waals surface area contributed by atoms with Crippen molar-refractivity contribution in [2.24, 2.45) is 0 Å². The Labute approximate surface area is 576 Å². The SMILES string of the molecule is [Ir+3].[Pt+2].[c-]1ccc(Oc2[c-]c(-c3cc(-c4ccccc4)ccn3)ccc2)[c-]c1-c1ncc(-c2ccccc2-c2cc(-c3ccccc3-c3ccc(-c4[c-]ccc5c4oc4ccccc45)nc3)cc(-c3ccccc3-c3ccc(-c4[c-]ccc5c4oc4ccccc45)nc3)c2)cn1. The van der Waals surface area contributed by atoms with Crippen molar-refractivity contribution in [3.8, 4) is 135 Å². The van der Waals surface area contributed by atoms with Crippen LogP contribution in [-0.2, 0) is 41.2 Å². The van der Waals surface area contributed by atoms with Crippen molar-refractivity contribution < 1.29 is 54.7 Å². The predicted octanol–water partition coefficient (Wildman–Crippen LogP) is 21.6. The van der Waals surface area contributed by atoms with Gasteiger partial charge in [0.15, 0.2) is 0 Å². The van der Waals surface area contributed by atoms with Crippen molar-refractivity contribution >= 4 is 43.9 Å². The smallest absolute Gasteiger partial charge is 0.515 e. The van der Waals surface area contributed by atoms with Crippen LogP contribution in [0, 0.1) is 30.3 Å². The molecule has 0 saturated heterocycles. The summed E-state index contributed by atoms with van der Waals surface area (Å²) in [5.41, 5.74) is 22.7. The Morgan fingerprint density at radius 3 is 1.33 bits per heavy atom. The third-order valence-corrected chi connectivity index (χ3v) is 17.0. The van der Waals surface area contributed by atoms with Crippen LogP contribution >= 0.6 is 0 Å².